The number of hydrogen-bond acceptors (Lipinski definition) is 5. The van der Waals surface area contributed by atoms with Crippen LogP contribution in [0.2, 0.25) is 10.0 Å². The van der Waals surface area contributed by atoms with E-state index in [1.54, 1.807) is 47.2 Å². The first-order valence-electron chi connectivity index (χ1n) is 9.23. The van der Waals surface area contributed by atoms with E-state index in [0.717, 1.165) is 5.56 Å². The van der Waals surface area contributed by atoms with E-state index in [4.69, 9.17) is 37.4 Å². The summed E-state index contributed by atoms with van der Waals surface area (Å²) >= 11 is 12.1. The molecule has 156 valence electrons. The summed E-state index contributed by atoms with van der Waals surface area (Å²) in [6, 6.07) is 12.5. The van der Waals surface area contributed by atoms with Crippen LogP contribution in [0.1, 0.15) is 16.1 Å². The lowest BCUT2D eigenvalue weighted by molar-refractivity contribution is 0.0674. The zero-order valence-corrected chi connectivity index (χ0v) is 17.7. The number of amides is 1. The zero-order valence-electron chi connectivity index (χ0n) is 16.2. The molecule has 0 saturated heterocycles. The van der Waals surface area contributed by atoms with E-state index in [1.807, 2.05) is 18.2 Å². The first-order chi connectivity index (χ1) is 14.5. The number of fused-ring (bicyclic) bond motifs is 1. The second-order valence-electron chi connectivity index (χ2n) is 6.65. The van der Waals surface area contributed by atoms with Gasteiger partial charge < -0.3 is 19.1 Å². The molecule has 9 heteroatoms. The fraction of sp³-hybridized carbons (Fsp3) is 0.238. The Morgan fingerprint density at radius 2 is 1.97 bits per heavy atom. The summed E-state index contributed by atoms with van der Waals surface area (Å²) in [5, 5.41) is 5.29. The predicted octanol–water partition coefficient (Wildman–Crippen LogP) is 4.20. The third kappa shape index (κ3) is 4.38. The highest BCUT2D eigenvalue weighted by Gasteiger charge is 2.21. The van der Waals surface area contributed by atoms with Crippen molar-refractivity contribution in [2.24, 2.45) is 0 Å². The molecule has 0 bridgehead atoms. The van der Waals surface area contributed by atoms with Crippen molar-refractivity contribution in [3.8, 4) is 17.2 Å². The van der Waals surface area contributed by atoms with Gasteiger partial charge in [0.2, 0.25) is 6.79 Å². The van der Waals surface area contributed by atoms with Crippen LogP contribution in [0.5, 0.6) is 11.5 Å². The largest absolute Gasteiger partial charge is 0.454 e. The zero-order chi connectivity index (χ0) is 21.1. The van der Waals surface area contributed by atoms with Crippen molar-refractivity contribution < 1.29 is 19.0 Å². The Bertz CT molecular complexity index is 1070. The highest BCUT2D eigenvalue weighted by molar-refractivity contribution is 6.42. The molecule has 0 saturated carbocycles. The first-order valence-corrected chi connectivity index (χ1v) is 9.98. The maximum absolute atomic E-state index is 13.1. The lowest BCUT2D eigenvalue weighted by Crippen LogP contribution is -2.33. The summed E-state index contributed by atoms with van der Waals surface area (Å²) < 4.78 is 17.5. The SMILES string of the molecule is COCCN(Cc1ccc2c(c1)OCO2)C(=O)c1ccn(-c2ccc(Cl)c(Cl)c2)n1. The van der Waals surface area contributed by atoms with Gasteiger partial charge in [-0.1, -0.05) is 29.3 Å². The van der Waals surface area contributed by atoms with E-state index in [2.05, 4.69) is 5.10 Å². The summed E-state index contributed by atoms with van der Waals surface area (Å²) in [5.41, 5.74) is 1.95. The van der Waals surface area contributed by atoms with E-state index < -0.39 is 0 Å². The van der Waals surface area contributed by atoms with E-state index in [-0.39, 0.29) is 12.7 Å². The topological polar surface area (TPSA) is 65.8 Å². The normalized spacial score (nSPS) is 12.2. The lowest BCUT2D eigenvalue weighted by atomic mass is 10.2. The van der Waals surface area contributed by atoms with Crippen LogP contribution in [0.4, 0.5) is 0 Å². The van der Waals surface area contributed by atoms with Gasteiger partial charge in [-0.3, -0.25) is 4.79 Å². The van der Waals surface area contributed by atoms with Gasteiger partial charge in [-0.25, -0.2) is 4.68 Å². The minimum atomic E-state index is -0.205. The molecule has 2 heterocycles. The second kappa shape index (κ2) is 8.95. The van der Waals surface area contributed by atoms with Gasteiger partial charge in [0, 0.05) is 26.4 Å². The molecule has 0 N–H and O–H groups in total. The summed E-state index contributed by atoms with van der Waals surface area (Å²) in [6.45, 7) is 1.42. The van der Waals surface area contributed by atoms with E-state index in [1.165, 1.54) is 0 Å². The highest BCUT2D eigenvalue weighted by Crippen LogP contribution is 2.33. The molecule has 0 aliphatic carbocycles. The minimum absolute atomic E-state index is 0.205. The molecule has 1 aliphatic rings. The number of hydrogen-bond donors (Lipinski definition) is 0. The van der Waals surface area contributed by atoms with Gasteiger partial charge >= 0.3 is 0 Å². The molecule has 7 nitrogen and oxygen atoms in total. The molecule has 1 aromatic heterocycles. The monoisotopic (exact) mass is 447 g/mol. The summed E-state index contributed by atoms with van der Waals surface area (Å²) in [7, 11) is 1.60. The Labute approximate surface area is 183 Å². The third-order valence-electron chi connectivity index (χ3n) is 4.64. The molecule has 3 aromatic rings. The van der Waals surface area contributed by atoms with Gasteiger partial charge in [0.25, 0.3) is 5.91 Å². The van der Waals surface area contributed by atoms with Gasteiger partial charge in [-0.2, -0.15) is 5.10 Å². The molecule has 0 atom stereocenters. The average molecular weight is 448 g/mol. The highest BCUT2D eigenvalue weighted by atomic mass is 35.5. The predicted molar refractivity (Wildman–Crippen MR) is 113 cm³/mol. The van der Waals surface area contributed by atoms with Crippen LogP contribution in [-0.2, 0) is 11.3 Å². The van der Waals surface area contributed by atoms with Gasteiger partial charge in [0.15, 0.2) is 17.2 Å². The number of ether oxygens (including phenoxy) is 3. The quantitative estimate of drug-likeness (QED) is 0.542. The molecule has 1 aliphatic heterocycles. The summed E-state index contributed by atoms with van der Waals surface area (Å²) in [5.74, 6) is 1.17. The fourth-order valence-electron chi connectivity index (χ4n) is 3.08. The Morgan fingerprint density at radius 3 is 2.77 bits per heavy atom. The summed E-state index contributed by atoms with van der Waals surface area (Å²) in [4.78, 5) is 14.8. The molecular formula is C21H19Cl2N3O4. The number of aromatic nitrogens is 2. The lowest BCUT2D eigenvalue weighted by Gasteiger charge is -2.21. The van der Waals surface area contributed by atoms with E-state index in [0.29, 0.717) is 52.6 Å². The molecule has 0 spiro atoms. The molecule has 0 fully saturated rings. The van der Waals surface area contributed by atoms with Gasteiger partial charge in [0.05, 0.1) is 22.3 Å². The van der Waals surface area contributed by atoms with Crippen molar-refractivity contribution in [2.45, 2.75) is 6.54 Å². The second-order valence-corrected chi connectivity index (χ2v) is 7.47. The number of methoxy groups -OCH3 is 1. The maximum Gasteiger partial charge on any atom is 0.274 e. The smallest absolute Gasteiger partial charge is 0.274 e. The third-order valence-corrected chi connectivity index (χ3v) is 5.38. The van der Waals surface area contributed by atoms with Crippen LogP contribution < -0.4 is 9.47 Å². The standard InChI is InChI=1S/C21H19Cl2N3O4/c1-28-9-8-25(12-14-2-5-19-20(10-14)30-13-29-19)21(27)18-6-7-26(24-18)15-3-4-16(22)17(23)11-15/h2-7,10-11H,8-9,12-13H2,1H3. The Hall–Kier alpha value is -2.74. The van der Waals surface area contributed by atoms with Gasteiger partial charge in [0.1, 0.15) is 0 Å². The van der Waals surface area contributed by atoms with Gasteiger partial charge in [-0.15, -0.1) is 0 Å². The first kappa shape index (κ1) is 20.5. The molecule has 2 aromatic carbocycles. The molecular weight excluding hydrogens is 429 g/mol. The summed E-state index contributed by atoms with van der Waals surface area (Å²) in [6.07, 6.45) is 1.71. The van der Waals surface area contributed by atoms with Crippen LogP contribution in [-0.4, -0.2) is 47.6 Å². The van der Waals surface area contributed by atoms with E-state index >= 15 is 0 Å². The minimum Gasteiger partial charge on any atom is -0.454 e. The van der Waals surface area contributed by atoms with Crippen LogP contribution in [0.25, 0.3) is 5.69 Å². The number of rotatable bonds is 7. The number of carbonyl (C=O) groups excluding carboxylic acids is 1. The molecule has 4 rings (SSSR count). The van der Waals surface area contributed by atoms with Crippen molar-refractivity contribution in [1.82, 2.24) is 14.7 Å². The Balaban J connectivity index is 1.54. The Kier molecular flexibility index (Phi) is 6.13. The number of carbonyl (C=O) groups is 1. The molecule has 30 heavy (non-hydrogen) atoms. The van der Waals surface area contributed by atoms with Crippen molar-refractivity contribution in [3.05, 3.63) is 70.0 Å². The number of benzene rings is 2. The fourth-order valence-corrected chi connectivity index (χ4v) is 3.38. The van der Waals surface area contributed by atoms with Crippen LogP contribution in [0.3, 0.4) is 0 Å². The van der Waals surface area contributed by atoms with E-state index in [9.17, 15) is 4.79 Å². The van der Waals surface area contributed by atoms with Crippen molar-refractivity contribution >= 4 is 29.1 Å². The van der Waals surface area contributed by atoms with Crippen molar-refractivity contribution in [1.29, 1.82) is 0 Å². The van der Waals surface area contributed by atoms with Crippen molar-refractivity contribution in [2.75, 3.05) is 27.1 Å². The maximum atomic E-state index is 13.1. The number of nitrogens with zero attached hydrogens (tertiary/aromatic N) is 3. The Morgan fingerprint density at radius 1 is 1.13 bits per heavy atom. The van der Waals surface area contributed by atoms with Crippen LogP contribution >= 0.6 is 23.2 Å². The molecule has 1 amide bonds. The van der Waals surface area contributed by atoms with Gasteiger partial charge in [-0.05, 0) is 42.0 Å². The van der Waals surface area contributed by atoms with Crippen LogP contribution in [0, 0.1) is 0 Å². The molecule has 0 unspecified atom stereocenters. The molecule has 0 radical (unpaired) electrons. The number of halogens is 2. The average Bonchev–Trinajstić information content (AvgIpc) is 3.42. The van der Waals surface area contributed by atoms with Crippen LogP contribution in [0.15, 0.2) is 48.7 Å². The van der Waals surface area contributed by atoms with Crippen molar-refractivity contribution in [3.63, 3.8) is 0 Å².